The van der Waals surface area contributed by atoms with Crippen molar-refractivity contribution in [3.63, 3.8) is 0 Å². The number of carbonyl (C=O) groups is 2. The number of urea groups is 1. The number of amides is 3. The maximum atomic E-state index is 12.1. The molecule has 0 saturated carbocycles. The number of aromatic nitrogens is 2. The quantitative estimate of drug-likeness (QED) is 0.614. The van der Waals surface area contributed by atoms with E-state index in [1.165, 1.54) is 16.7 Å². The van der Waals surface area contributed by atoms with Gasteiger partial charge in [0.25, 0.3) is 0 Å². The Balaban J connectivity index is 2.05. The number of anilines is 1. The van der Waals surface area contributed by atoms with Crippen LogP contribution >= 0.6 is 11.8 Å². The van der Waals surface area contributed by atoms with Crippen molar-refractivity contribution in [3.05, 3.63) is 11.8 Å². The van der Waals surface area contributed by atoms with Gasteiger partial charge in [0.15, 0.2) is 5.16 Å². The van der Waals surface area contributed by atoms with Gasteiger partial charge in [-0.1, -0.05) is 11.8 Å². The summed E-state index contributed by atoms with van der Waals surface area (Å²) in [6.45, 7) is 4.43. The Morgan fingerprint density at radius 2 is 2.32 bits per heavy atom. The van der Waals surface area contributed by atoms with E-state index in [1.807, 2.05) is 6.92 Å². The van der Waals surface area contributed by atoms with Gasteiger partial charge < -0.3 is 11.1 Å². The van der Waals surface area contributed by atoms with Crippen molar-refractivity contribution in [2.75, 3.05) is 18.8 Å². The minimum absolute atomic E-state index is 0.247. The third-order valence-electron chi connectivity index (χ3n) is 2.61. The molecule has 7 nitrogen and oxygen atoms in total. The Kier molecular flexibility index (Phi) is 3.89. The first-order chi connectivity index (χ1) is 8.97. The third-order valence-corrected chi connectivity index (χ3v) is 3.55. The summed E-state index contributed by atoms with van der Waals surface area (Å²) in [5.41, 5.74) is 6.38. The second-order valence-corrected chi connectivity index (χ2v) is 5.51. The van der Waals surface area contributed by atoms with Crippen molar-refractivity contribution >= 4 is 29.5 Å². The van der Waals surface area contributed by atoms with Crippen molar-refractivity contribution < 1.29 is 9.59 Å². The van der Waals surface area contributed by atoms with Gasteiger partial charge in [0.1, 0.15) is 5.82 Å². The minimum Gasteiger partial charge on any atom is -0.384 e. The van der Waals surface area contributed by atoms with Crippen LogP contribution in [0.15, 0.2) is 11.2 Å². The Bertz CT molecular complexity index is 502. The average molecular weight is 281 g/mol. The third kappa shape index (κ3) is 3.14. The highest BCUT2D eigenvalue weighted by Crippen LogP contribution is 2.22. The van der Waals surface area contributed by atoms with Gasteiger partial charge in [-0.15, -0.1) is 0 Å². The van der Waals surface area contributed by atoms with Crippen molar-refractivity contribution in [1.29, 1.82) is 0 Å². The normalized spacial score (nSPS) is 16.3. The molecule has 8 heteroatoms. The van der Waals surface area contributed by atoms with E-state index in [1.54, 1.807) is 13.0 Å². The number of nitrogens with two attached hydrogens (primary N) is 1. The fourth-order valence-electron chi connectivity index (χ4n) is 1.73. The molecule has 1 aliphatic heterocycles. The molecule has 1 unspecified atom stereocenters. The first-order valence-electron chi connectivity index (χ1n) is 5.84. The van der Waals surface area contributed by atoms with Gasteiger partial charge in [-0.05, 0) is 13.8 Å². The van der Waals surface area contributed by atoms with E-state index >= 15 is 0 Å². The van der Waals surface area contributed by atoms with Crippen LogP contribution < -0.4 is 11.1 Å². The van der Waals surface area contributed by atoms with Crippen LogP contribution in [0.1, 0.15) is 12.6 Å². The van der Waals surface area contributed by atoms with Gasteiger partial charge in [-0.3, -0.25) is 9.69 Å². The molecule has 1 aromatic rings. The van der Waals surface area contributed by atoms with Gasteiger partial charge in [0, 0.05) is 24.8 Å². The summed E-state index contributed by atoms with van der Waals surface area (Å²) >= 11 is 1.20. The van der Waals surface area contributed by atoms with Crippen LogP contribution in [0, 0.1) is 6.92 Å². The molecule has 0 spiro atoms. The molecule has 1 aliphatic rings. The van der Waals surface area contributed by atoms with Gasteiger partial charge in [-0.25, -0.2) is 14.8 Å². The molecule has 102 valence electrons. The number of imide groups is 1. The lowest BCUT2D eigenvalue weighted by Gasteiger charge is -2.16. The fourth-order valence-corrected chi connectivity index (χ4v) is 2.63. The zero-order chi connectivity index (χ0) is 14.0. The Hall–Kier alpha value is -1.83. The highest BCUT2D eigenvalue weighted by Gasteiger charge is 2.30. The number of thioether (sulfide) groups is 1. The van der Waals surface area contributed by atoms with Crippen LogP contribution in [0.3, 0.4) is 0 Å². The lowest BCUT2D eigenvalue weighted by atomic mass is 10.4. The van der Waals surface area contributed by atoms with Gasteiger partial charge in [0.05, 0.1) is 5.25 Å². The highest BCUT2D eigenvalue weighted by molar-refractivity contribution is 8.00. The van der Waals surface area contributed by atoms with Crippen LogP contribution in [-0.2, 0) is 4.79 Å². The van der Waals surface area contributed by atoms with E-state index < -0.39 is 5.25 Å². The lowest BCUT2D eigenvalue weighted by molar-refractivity contribution is -0.126. The monoisotopic (exact) mass is 281 g/mol. The smallest absolute Gasteiger partial charge is 0.324 e. The Morgan fingerprint density at radius 1 is 1.58 bits per heavy atom. The number of aryl methyl sites for hydroxylation is 1. The first kappa shape index (κ1) is 13.6. The van der Waals surface area contributed by atoms with Gasteiger partial charge in [-0.2, -0.15) is 0 Å². The summed E-state index contributed by atoms with van der Waals surface area (Å²) < 4.78 is 0. The molecule has 0 radical (unpaired) electrons. The predicted molar refractivity (Wildman–Crippen MR) is 71.6 cm³/mol. The van der Waals surface area contributed by atoms with E-state index in [0.29, 0.717) is 24.1 Å². The summed E-state index contributed by atoms with van der Waals surface area (Å²) in [6, 6.07) is 1.31. The summed E-state index contributed by atoms with van der Waals surface area (Å²) in [5, 5.41) is 2.60. The van der Waals surface area contributed by atoms with Crippen molar-refractivity contribution in [2.24, 2.45) is 0 Å². The van der Waals surface area contributed by atoms with Gasteiger partial charge >= 0.3 is 6.03 Å². The number of hydrogen-bond acceptors (Lipinski definition) is 6. The lowest BCUT2D eigenvalue weighted by Crippen LogP contribution is -2.39. The molecule has 3 amide bonds. The molecule has 1 atom stereocenters. The number of nitrogens with one attached hydrogen (secondary N) is 1. The van der Waals surface area contributed by atoms with Gasteiger partial charge in [0.2, 0.25) is 5.91 Å². The van der Waals surface area contributed by atoms with Crippen molar-refractivity contribution in [2.45, 2.75) is 24.3 Å². The second kappa shape index (κ2) is 5.43. The first-order valence-corrected chi connectivity index (χ1v) is 6.72. The molecule has 3 N–H and O–H groups in total. The highest BCUT2D eigenvalue weighted by atomic mass is 32.2. The SMILES string of the molecule is Cc1cc(N)nc(SC(C)C(=O)N2CCNC2=O)n1. The molecule has 1 fully saturated rings. The summed E-state index contributed by atoms with van der Waals surface area (Å²) in [4.78, 5) is 33.0. The topological polar surface area (TPSA) is 101 Å². The largest absolute Gasteiger partial charge is 0.384 e. The zero-order valence-corrected chi connectivity index (χ0v) is 11.5. The second-order valence-electron chi connectivity index (χ2n) is 4.20. The molecule has 0 aromatic carbocycles. The maximum Gasteiger partial charge on any atom is 0.324 e. The average Bonchev–Trinajstić information content (AvgIpc) is 2.73. The number of hydrogen-bond donors (Lipinski definition) is 2. The van der Waals surface area contributed by atoms with E-state index in [0.717, 1.165) is 5.69 Å². The molecule has 2 heterocycles. The van der Waals surface area contributed by atoms with Crippen molar-refractivity contribution in [3.8, 4) is 0 Å². The van der Waals surface area contributed by atoms with Crippen LogP contribution in [0.2, 0.25) is 0 Å². The predicted octanol–water partition coefficient (Wildman–Crippen LogP) is 0.400. The zero-order valence-electron chi connectivity index (χ0n) is 10.7. The fraction of sp³-hybridized carbons (Fsp3) is 0.455. The van der Waals surface area contributed by atoms with Crippen LogP contribution in [0.5, 0.6) is 0 Å². The molecule has 2 rings (SSSR count). The molecule has 0 bridgehead atoms. The van der Waals surface area contributed by atoms with Crippen LogP contribution in [0.4, 0.5) is 10.6 Å². The number of nitrogens with zero attached hydrogens (tertiary/aromatic N) is 3. The standard InChI is InChI=1S/C11H15N5O2S/c1-6-5-8(12)15-10(14-6)19-7(2)9(17)16-4-3-13-11(16)18/h5,7H,3-4H2,1-2H3,(H,13,18)(H2,12,14,15). The van der Waals surface area contributed by atoms with E-state index in [2.05, 4.69) is 15.3 Å². The van der Waals surface area contributed by atoms with E-state index in [4.69, 9.17) is 5.73 Å². The summed E-state index contributed by atoms with van der Waals surface area (Å²) in [7, 11) is 0. The molecule has 1 aromatic heterocycles. The van der Waals surface area contributed by atoms with E-state index in [-0.39, 0.29) is 11.9 Å². The maximum absolute atomic E-state index is 12.1. The molecule has 19 heavy (non-hydrogen) atoms. The molecule has 1 saturated heterocycles. The molecular formula is C11H15N5O2S. The number of rotatable bonds is 3. The number of nitrogen functional groups attached to an aromatic ring is 1. The van der Waals surface area contributed by atoms with Crippen LogP contribution in [0.25, 0.3) is 0 Å². The summed E-state index contributed by atoms with van der Waals surface area (Å²) in [5.74, 6) is 0.122. The van der Waals surface area contributed by atoms with E-state index in [9.17, 15) is 9.59 Å². The van der Waals surface area contributed by atoms with Crippen LogP contribution in [-0.4, -0.2) is 45.1 Å². The molecule has 0 aliphatic carbocycles. The number of carbonyl (C=O) groups excluding carboxylic acids is 2. The minimum atomic E-state index is -0.440. The Labute approximate surface area is 115 Å². The Morgan fingerprint density at radius 3 is 2.89 bits per heavy atom. The molecular weight excluding hydrogens is 266 g/mol. The summed E-state index contributed by atoms with van der Waals surface area (Å²) in [6.07, 6.45) is 0. The van der Waals surface area contributed by atoms with Crippen molar-refractivity contribution in [1.82, 2.24) is 20.2 Å².